The maximum atomic E-state index is 9.31. The molecule has 1 aromatic carbocycles. The summed E-state index contributed by atoms with van der Waals surface area (Å²) in [5, 5.41) is 13.3. The number of benzene rings is 1. The average molecular weight is 353 g/mol. The number of hydrogen-bond donors (Lipinski definition) is 1. The van der Waals surface area contributed by atoms with Gasteiger partial charge in [0.1, 0.15) is 6.07 Å². The highest BCUT2D eigenvalue weighted by atomic mass is 32.1. The van der Waals surface area contributed by atoms with Crippen LogP contribution in [0.15, 0.2) is 42.6 Å². The Hall–Kier alpha value is -2.32. The third kappa shape index (κ3) is 3.85. The van der Waals surface area contributed by atoms with E-state index in [1.165, 1.54) is 12.1 Å². The predicted molar refractivity (Wildman–Crippen MR) is 105 cm³/mol. The van der Waals surface area contributed by atoms with Gasteiger partial charge in [-0.1, -0.05) is 19.1 Å². The topological polar surface area (TPSA) is 44.0 Å². The van der Waals surface area contributed by atoms with Gasteiger partial charge >= 0.3 is 0 Å². The van der Waals surface area contributed by atoms with Gasteiger partial charge < -0.3 is 14.8 Å². The van der Waals surface area contributed by atoms with Gasteiger partial charge in [-0.3, -0.25) is 0 Å². The van der Waals surface area contributed by atoms with E-state index in [-0.39, 0.29) is 6.04 Å². The van der Waals surface area contributed by atoms with Crippen LogP contribution in [0.25, 0.3) is 0 Å². The van der Waals surface area contributed by atoms with Crippen LogP contribution >= 0.6 is 12.2 Å². The molecule has 1 aliphatic rings. The molecule has 0 radical (unpaired) electrons. The molecule has 2 heterocycles. The summed E-state index contributed by atoms with van der Waals surface area (Å²) in [6.45, 7) is 3.24. The molecule has 130 valence electrons. The minimum Gasteiger partial charge on any atom is -0.353 e. The maximum absolute atomic E-state index is 9.31. The van der Waals surface area contributed by atoms with E-state index in [0.29, 0.717) is 16.6 Å². The molecule has 1 fully saturated rings. The van der Waals surface area contributed by atoms with Gasteiger partial charge in [0.2, 0.25) is 0 Å². The first-order valence-corrected chi connectivity index (χ1v) is 9.19. The summed E-state index contributed by atoms with van der Waals surface area (Å²) in [7, 11) is 2.09. The minimum absolute atomic E-state index is 0.263. The highest BCUT2D eigenvalue weighted by molar-refractivity contribution is 7.80. The highest BCUT2D eigenvalue weighted by Gasteiger charge is 2.28. The first-order valence-electron chi connectivity index (χ1n) is 8.78. The van der Waals surface area contributed by atoms with Crippen LogP contribution < -0.4 is 5.32 Å². The summed E-state index contributed by atoms with van der Waals surface area (Å²) < 4.78 is 2.18. The number of aromatic nitrogens is 1. The molecule has 2 aromatic rings. The van der Waals surface area contributed by atoms with E-state index in [4.69, 9.17) is 12.2 Å². The molecule has 5 heteroatoms. The number of hydrogen-bond acceptors (Lipinski definition) is 2. The molecular weight excluding hydrogens is 328 g/mol. The Morgan fingerprint density at radius 1 is 1.20 bits per heavy atom. The number of rotatable bonds is 2. The van der Waals surface area contributed by atoms with E-state index in [1.54, 1.807) is 0 Å². The molecule has 0 spiro atoms. The second kappa shape index (κ2) is 7.71. The summed E-state index contributed by atoms with van der Waals surface area (Å²) in [5.41, 5.74) is 2.67. The second-order valence-corrected chi connectivity index (χ2v) is 7.20. The molecule has 25 heavy (non-hydrogen) atoms. The number of nitrogens with one attached hydrogen (secondary N) is 1. The zero-order valence-electron chi connectivity index (χ0n) is 14.8. The molecule has 0 saturated carbocycles. The van der Waals surface area contributed by atoms with Gasteiger partial charge in [-0.25, -0.2) is 0 Å². The van der Waals surface area contributed by atoms with Gasteiger partial charge in [-0.2, -0.15) is 5.26 Å². The smallest absolute Gasteiger partial charge is 0.174 e. The van der Waals surface area contributed by atoms with Crippen LogP contribution in [0.3, 0.4) is 0 Å². The van der Waals surface area contributed by atoms with Crippen LogP contribution in [0.1, 0.15) is 43.5 Å². The Bertz CT molecular complexity index is 789. The number of nitriles is 1. The van der Waals surface area contributed by atoms with E-state index in [0.717, 1.165) is 25.1 Å². The molecule has 1 aromatic heterocycles. The minimum atomic E-state index is 0.263. The normalized spacial score (nSPS) is 20.6. The molecule has 0 aliphatic carbocycles. The standard InChI is InChI=1S/C20H24N4S/c1-15-9-10-19(18-8-5-12-23(18)2)24(13-11-15)20(25)22-17-7-4-3-6-16(17)14-21/h3-8,12,15,19H,9-11,13H2,1-2H3,(H,22,25)/t15-,19-/m0/s1. The zero-order valence-corrected chi connectivity index (χ0v) is 15.6. The molecule has 0 unspecified atom stereocenters. The van der Waals surface area contributed by atoms with Crippen LogP contribution in [-0.4, -0.2) is 21.1 Å². The fourth-order valence-corrected chi connectivity index (χ4v) is 3.83. The third-order valence-corrected chi connectivity index (χ3v) is 5.38. The quantitative estimate of drug-likeness (QED) is 0.811. The summed E-state index contributed by atoms with van der Waals surface area (Å²) in [6.07, 6.45) is 5.50. The van der Waals surface area contributed by atoms with Gasteiger partial charge in [0, 0.05) is 25.5 Å². The Kier molecular flexibility index (Phi) is 5.40. The van der Waals surface area contributed by atoms with Crippen molar-refractivity contribution in [3.05, 3.63) is 53.9 Å². The van der Waals surface area contributed by atoms with E-state index < -0.39 is 0 Å². The Balaban J connectivity index is 1.87. The predicted octanol–water partition coefficient (Wildman–Crippen LogP) is 4.46. The van der Waals surface area contributed by atoms with Gasteiger partial charge in [0.25, 0.3) is 0 Å². The first-order chi connectivity index (χ1) is 12.1. The molecule has 1 saturated heterocycles. The van der Waals surface area contributed by atoms with Crippen molar-refractivity contribution in [2.75, 3.05) is 11.9 Å². The molecule has 2 atom stereocenters. The summed E-state index contributed by atoms with van der Waals surface area (Å²) in [4.78, 5) is 2.29. The zero-order chi connectivity index (χ0) is 17.8. The van der Waals surface area contributed by atoms with Crippen LogP contribution in [0, 0.1) is 17.2 Å². The molecule has 4 nitrogen and oxygen atoms in total. The van der Waals surface area contributed by atoms with Crippen LogP contribution in [0.4, 0.5) is 5.69 Å². The van der Waals surface area contributed by atoms with Crippen molar-refractivity contribution >= 4 is 23.0 Å². The average Bonchev–Trinajstić information content (AvgIpc) is 2.93. The monoisotopic (exact) mass is 352 g/mol. The lowest BCUT2D eigenvalue weighted by atomic mass is 10.0. The van der Waals surface area contributed by atoms with Crippen molar-refractivity contribution in [1.82, 2.24) is 9.47 Å². The van der Waals surface area contributed by atoms with Crippen molar-refractivity contribution in [3.8, 4) is 6.07 Å². The summed E-state index contributed by atoms with van der Waals surface area (Å²) in [6, 6.07) is 14.3. The third-order valence-electron chi connectivity index (χ3n) is 5.05. The van der Waals surface area contributed by atoms with Gasteiger partial charge in [0.05, 0.1) is 17.3 Å². The number of likely N-dealkylation sites (tertiary alicyclic amines) is 1. The van der Waals surface area contributed by atoms with Crippen molar-refractivity contribution in [2.24, 2.45) is 13.0 Å². The molecule has 3 rings (SSSR count). The highest BCUT2D eigenvalue weighted by Crippen LogP contribution is 2.33. The fraction of sp³-hybridized carbons (Fsp3) is 0.400. The van der Waals surface area contributed by atoms with Crippen molar-refractivity contribution in [2.45, 2.75) is 32.2 Å². The SMILES string of the molecule is C[C@H]1CC[C@@H](c2cccn2C)N(C(=S)Nc2ccccc2C#N)CC1. The summed E-state index contributed by atoms with van der Waals surface area (Å²) >= 11 is 5.75. The molecule has 1 aliphatic heterocycles. The molecule has 1 N–H and O–H groups in total. The number of aryl methyl sites for hydroxylation is 1. The second-order valence-electron chi connectivity index (χ2n) is 6.81. The molecular formula is C20H24N4S. The number of thiocarbonyl (C=S) groups is 1. The molecule has 0 bridgehead atoms. The Labute approximate surface area is 155 Å². The van der Waals surface area contributed by atoms with Crippen LogP contribution in [0.5, 0.6) is 0 Å². The van der Waals surface area contributed by atoms with Crippen molar-refractivity contribution in [1.29, 1.82) is 5.26 Å². The van der Waals surface area contributed by atoms with Crippen LogP contribution in [0.2, 0.25) is 0 Å². The van der Waals surface area contributed by atoms with E-state index >= 15 is 0 Å². The van der Waals surface area contributed by atoms with Gasteiger partial charge in [-0.15, -0.1) is 0 Å². The van der Waals surface area contributed by atoms with E-state index in [1.807, 2.05) is 24.3 Å². The number of nitrogens with zero attached hydrogens (tertiary/aromatic N) is 3. The largest absolute Gasteiger partial charge is 0.353 e. The van der Waals surface area contributed by atoms with Gasteiger partial charge in [0.15, 0.2) is 5.11 Å². The molecule has 0 amide bonds. The van der Waals surface area contributed by atoms with Crippen LogP contribution in [-0.2, 0) is 7.05 Å². The van der Waals surface area contributed by atoms with E-state index in [2.05, 4.69) is 53.2 Å². The van der Waals surface area contributed by atoms with Gasteiger partial charge in [-0.05, 0) is 61.7 Å². The number of para-hydroxylation sites is 1. The van der Waals surface area contributed by atoms with Crippen molar-refractivity contribution in [3.63, 3.8) is 0 Å². The Morgan fingerprint density at radius 3 is 2.72 bits per heavy atom. The Morgan fingerprint density at radius 2 is 2.00 bits per heavy atom. The van der Waals surface area contributed by atoms with E-state index in [9.17, 15) is 5.26 Å². The maximum Gasteiger partial charge on any atom is 0.174 e. The lowest BCUT2D eigenvalue weighted by Gasteiger charge is -2.33. The lowest BCUT2D eigenvalue weighted by Crippen LogP contribution is -2.38. The first kappa shape index (κ1) is 17.5. The number of anilines is 1. The summed E-state index contributed by atoms with van der Waals surface area (Å²) in [5.74, 6) is 0.696. The lowest BCUT2D eigenvalue weighted by molar-refractivity contribution is 0.314. The van der Waals surface area contributed by atoms with Crippen molar-refractivity contribution < 1.29 is 0 Å². The fourth-order valence-electron chi connectivity index (χ4n) is 3.51.